The van der Waals surface area contributed by atoms with Gasteiger partial charge in [0.2, 0.25) is 8.24 Å². The monoisotopic (exact) mass is 114 g/mol. The molecule has 0 aliphatic carbocycles. The highest BCUT2D eigenvalue weighted by atomic mass is 28.3. The predicted octanol–water partition coefficient (Wildman–Crippen LogP) is 1.25. The van der Waals surface area contributed by atoms with Crippen molar-refractivity contribution in [2.45, 2.75) is 19.6 Å². The van der Waals surface area contributed by atoms with Crippen LogP contribution in [-0.4, -0.2) is 8.24 Å². The van der Waals surface area contributed by atoms with Crippen molar-refractivity contribution in [1.82, 2.24) is 5.09 Å². The fourth-order valence-electron chi connectivity index (χ4n) is 0.168. The first-order chi connectivity index (χ1) is 3.06. The van der Waals surface area contributed by atoms with Gasteiger partial charge in [-0.15, -0.1) is 0 Å². The molecule has 0 bridgehead atoms. The minimum absolute atomic E-state index is 1.26. The molecule has 1 N–H and O–H groups in total. The van der Waals surface area contributed by atoms with Crippen molar-refractivity contribution in [2.75, 3.05) is 0 Å². The van der Waals surface area contributed by atoms with Gasteiger partial charge in [-0.3, -0.25) is 0 Å². The topological polar surface area (TPSA) is 16.4 Å². The molecule has 0 aromatic heterocycles. The van der Waals surface area contributed by atoms with Crippen LogP contribution >= 0.6 is 0 Å². The predicted molar refractivity (Wildman–Crippen MR) is 33.1 cm³/mol. The molecule has 7 heavy (non-hydrogen) atoms. The first-order valence-electron chi connectivity index (χ1n) is 2.20. The zero-order valence-corrected chi connectivity index (χ0v) is 5.95. The molecule has 0 fully saturated rings. The van der Waals surface area contributed by atoms with Crippen LogP contribution in [0.25, 0.3) is 4.95 Å². The van der Waals surface area contributed by atoms with Crippen LogP contribution in [0.3, 0.4) is 0 Å². The Morgan fingerprint density at radius 1 is 1.43 bits per heavy atom. The molecular weight excluding hydrogens is 104 g/mol. The van der Waals surface area contributed by atoms with Gasteiger partial charge in [-0.05, 0) is 19.6 Å². The third-order valence-corrected chi connectivity index (χ3v) is 1.17. The Morgan fingerprint density at radius 3 is 1.86 bits per heavy atom. The van der Waals surface area contributed by atoms with Gasteiger partial charge in [-0.25, -0.2) is 0 Å². The van der Waals surface area contributed by atoms with Gasteiger partial charge in [0, 0.05) is 0 Å². The molecule has 2 nitrogen and oxygen atoms in total. The number of rotatable bonds is 1. The SMILES string of the molecule is [C-]#[N+]N[Si](C)(C)C. The lowest BCUT2D eigenvalue weighted by Crippen LogP contribution is -2.35. The van der Waals surface area contributed by atoms with E-state index in [-0.39, 0.29) is 0 Å². The molecule has 0 aliphatic rings. The van der Waals surface area contributed by atoms with Gasteiger partial charge in [-0.1, -0.05) is 0 Å². The van der Waals surface area contributed by atoms with Gasteiger partial charge in [0.05, 0.1) is 0 Å². The normalized spacial score (nSPS) is 10.0. The number of nitrogens with one attached hydrogen (secondary N) is 1. The van der Waals surface area contributed by atoms with Crippen molar-refractivity contribution in [3.8, 4) is 0 Å². The molecule has 0 radical (unpaired) electrons. The van der Waals surface area contributed by atoms with E-state index in [0.29, 0.717) is 0 Å². The molecule has 0 aliphatic heterocycles. The van der Waals surface area contributed by atoms with Gasteiger partial charge in [-0.2, -0.15) is 16.6 Å². The summed E-state index contributed by atoms with van der Waals surface area (Å²) in [6.45, 7) is 12.7. The van der Waals surface area contributed by atoms with Crippen molar-refractivity contribution in [1.29, 1.82) is 0 Å². The first-order valence-corrected chi connectivity index (χ1v) is 5.70. The molecule has 0 unspecified atom stereocenters. The molecule has 40 valence electrons. The quantitative estimate of drug-likeness (QED) is 0.308. The summed E-state index contributed by atoms with van der Waals surface area (Å²) in [5.74, 6) is 0. The summed E-state index contributed by atoms with van der Waals surface area (Å²) >= 11 is 0. The van der Waals surface area contributed by atoms with Crippen LogP contribution in [0.2, 0.25) is 19.6 Å². The highest BCUT2D eigenvalue weighted by molar-refractivity contribution is 6.73. The molecule has 0 heterocycles. The standard InChI is InChI=1S/C4H10N2Si/c1-5-6-7(2,3)4/h6H,2-4H3. The molecule has 0 aromatic rings. The summed E-state index contributed by atoms with van der Waals surface area (Å²) in [5, 5.41) is 2.72. The average molecular weight is 114 g/mol. The van der Waals surface area contributed by atoms with E-state index in [1.807, 2.05) is 0 Å². The highest BCUT2D eigenvalue weighted by Gasteiger charge is 2.15. The van der Waals surface area contributed by atoms with E-state index in [0.717, 1.165) is 0 Å². The molecular formula is C4H10N2Si. The molecule has 0 atom stereocenters. The van der Waals surface area contributed by atoms with Crippen molar-refractivity contribution < 1.29 is 0 Å². The van der Waals surface area contributed by atoms with Gasteiger partial charge in [0.15, 0.2) is 0 Å². The van der Waals surface area contributed by atoms with E-state index in [1.165, 1.54) is 0 Å². The van der Waals surface area contributed by atoms with E-state index in [4.69, 9.17) is 6.57 Å². The third-order valence-electron chi connectivity index (χ3n) is 0.391. The smallest absolute Gasteiger partial charge is 0.186 e. The second-order valence-corrected chi connectivity index (χ2v) is 7.20. The maximum atomic E-state index is 6.41. The summed E-state index contributed by atoms with van der Waals surface area (Å²) in [4.78, 5) is 3.07. The lowest BCUT2D eigenvalue weighted by molar-refractivity contribution is 1.25. The van der Waals surface area contributed by atoms with Crippen LogP contribution in [0.1, 0.15) is 0 Å². The first kappa shape index (κ1) is 6.51. The molecule has 0 spiro atoms. The fourth-order valence-corrected chi connectivity index (χ4v) is 0.503. The highest BCUT2D eigenvalue weighted by Crippen LogP contribution is 1.91. The number of hydrogen-bond donors (Lipinski definition) is 1. The van der Waals surface area contributed by atoms with E-state index in [1.54, 1.807) is 0 Å². The molecule has 0 rings (SSSR count). The maximum Gasteiger partial charge on any atom is 0.233 e. The molecule has 3 heteroatoms. The Hall–Kier alpha value is -0.493. The van der Waals surface area contributed by atoms with E-state index in [9.17, 15) is 0 Å². The Labute approximate surface area is 45.4 Å². The lowest BCUT2D eigenvalue weighted by atomic mass is 11.8. The summed E-state index contributed by atoms with van der Waals surface area (Å²) in [6, 6.07) is 0. The second-order valence-electron chi connectivity index (χ2n) is 2.47. The third kappa shape index (κ3) is 5.51. The Balaban J connectivity index is 3.40. The van der Waals surface area contributed by atoms with Crippen molar-refractivity contribution in [2.24, 2.45) is 0 Å². The summed E-state index contributed by atoms with van der Waals surface area (Å²) in [7, 11) is -1.26. The van der Waals surface area contributed by atoms with Gasteiger partial charge >= 0.3 is 0 Å². The van der Waals surface area contributed by atoms with Crippen LogP contribution in [-0.2, 0) is 0 Å². The lowest BCUT2D eigenvalue weighted by Gasteiger charge is -2.04. The Kier molecular flexibility index (Phi) is 1.85. The average Bonchev–Trinajstić information content (AvgIpc) is 1.30. The van der Waals surface area contributed by atoms with Crippen molar-refractivity contribution in [3.05, 3.63) is 11.5 Å². The minimum Gasteiger partial charge on any atom is -0.186 e. The molecule has 0 saturated carbocycles. The zero-order valence-electron chi connectivity index (χ0n) is 4.95. The van der Waals surface area contributed by atoms with Crippen LogP contribution in [0.15, 0.2) is 0 Å². The molecule has 0 aromatic carbocycles. The van der Waals surface area contributed by atoms with Crippen LogP contribution in [0.5, 0.6) is 0 Å². The summed E-state index contributed by atoms with van der Waals surface area (Å²) in [5.41, 5.74) is 0. The van der Waals surface area contributed by atoms with Crippen LogP contribution in [0.4, 0.5) is 0 Å². The number of nitrogens with zero attached hydrogens (tertiary/aromatic N) is 1. The van der Waals surface area contributed by atoms with Gasteiger partial charge < -0.3 is 0 Å². The van der Waals surface area contributed by atoms with E-state index >= 15 is 0 Å². The van der Waals surface area contributed by atoms with Gasteiger partial charge in [0.25, 0.3) is 0 Å². The van der Waals surface area contributed by atoms with Gasteiger partial charge in [0.1, 0.15) is 0 Å². The van der Waals surface area contributed by atoms with E-state index in [2.05, 4.69) is 29.7 Å². The largest absolute Gasteiger partial charge is 0.233 e. The second kappa shape index (κ2) is 1.98. The Bertz CT molecular complexity index is 86.8. The summed E-state index contributed by atoms with van der Waals surface area (Å²) < 4.78 is 0. The van der Waals surface area contributed by atoms with E-state index < -0.39 is 8.24 Å². The maximum absolute atomic E-state index is 6.41. The number of hydrogen-bond acceptors (Lipinski definition) is 1. The summed E-state index contributed by atoms with van der Waals surface area (Å²) in [6.07, 6.45) is 0. The molecule has 0 amide bonds. The van der Waals surface area contributed by atoms with Crippen molar-refractivity contribution >= 4 is 8.24 Å². The molecule has 0 saturated heterocycles. The Morgan fingerprint density at radius 2 is 1.86 bits per heavy atom. The minimum atomic E-state index is -1.26. The van der Waals surface area contributed by atoms with Crippen LogP contribution in [0, 0.1) is 6.57 Å². The van der Waals surface area contributed by atoms with Crippen molar-refractivity contribution in [3.63, 3.8) is 0 Å². The van der Waals surface area contributed by atoms with Crippen LogP contribution < -0.4 is 5.09 Å². The zero-order chi connectivity index (χ0) is 5.91. The fraction of sp³-hybridized carbons (Fsp3) is 0.750.